The van der Waals surface area contributed by atoms with Crippen molar-refractivity contribution in [3.8, 4) is 0 Å². The molecule has 3 rings (SSSR count). The molecule has 0 spiro atoms. The molecule has 2 N–H and O–H groups in total. The number of piperazine rings is 1. The van der Waals surface area contributed by atoms with Gasteiger partial charge in [-0.25, -0.2) is 4.98 Å². The third-order valence-electron chi connectivity index (χ3n) is 3.79. The number of aryl methyl sites for hydroxylation is 1. The van der Waals surface area contributed by atoms with E-state index in [0.29, 0.717) is 41.8 Å². The zero-order chi connectivity index (χ0) is 13.6. The summed E-state index contributed by atoms with van der Waals surface area (Å²) in [7, 11) is 0. The van der Waals surface area contributed by atoms with E-state index < -0.39 is 0 Å². The van der Waals surface area contributed by atoms with Gasteiger partial charge in [0.25, 0.3) is 5.91 Å². The highest BCUT2D eigenvalue weighted by Crippen LogP contribution is 2.26. The Balaban J connectivity index is 1.75. The molecule has 1 aromatic heterocycles. The lowest BCUT2D eigenvalue weighted by molar-refractivity contribution is -0.130. The van der Waals surface area contributed by atoms with Crippen molar-refractivity contribution in [2.24, 2.45) is 0 Å². The van der Waals surface area contributed by atoms with E-state index in [-0.39, 0.29) is 17.9 Å². The van der Waals surface area contributed by atoms with Crippen LogP contribution in [0, 0.1) is 6.92 Å². The predicted molar refractivity (Wildman–Crippen MR) is 71.9 cm³/mol. The van der Waals surface area contributed by atoms with Crippen molar-refractivity contribution in [2.45, 2.75) is 25.8 Å². The minimum Gasteiger partial charge on any atom is -0.375 e. The topological polar surface area (TPSA) is 79.5 Å². The van der Waals surface area contributed by atoms with Crippen LogP contribution in [0.3, 0.4) is 0 Å². The van der Waals surface area contributed by atoms with Crippen LogP contribution in [0.2, 0.25) is 0 Å². The van der Waals surface area contributed by atoms with Gasteiger partial charge >= 0.3 is 0 Å². The number of nitrogens with two attached hydrogens (primary N) is 1. The summed E-state index contributed by atoms with van der Waals surface area (Å²) in [6.45, 7) is 3.66. The molecule has 0 aliphatic carbocycles. The van der Waals surface area contributed by atoms with E-state index in [0.717, 1.165) is 6.42 Å². The van der Waals surface area contributed by atoms with Gasteiger partial charge in [-0.1, -0.05) is 11.3 Å². The van der Waals surface area contributed by atoms with E-state index >= 15 is 0 Å². The summed E-state index contributed by atoms with van der Waals surface area (Å²) in [6, 6.07) is 0.191. The van der Waals surface area contributed by atoms with Crippen molar-refractivity contribution in [1.82, 2.24) is 14.8 Å². The highest BCUT2D eigenvalue weighted by Gasteiger charge is 2.37. The van der Waals surface area contributed by atoms with Crippen molar-refractivity contribution in [1.29, 1.82) is 0 Å². The standard InChI is InChI=1S/C12H16N4O2S/c1-7-10(19-12(13)14-7)11(18)15-4-5-16-8(6-15)2-3-9(16)17/h8H,2-6H2,1H3,(H2,13,14). The van der Waals surface area contributed by atoms with Gasteiger partial charge < -0.3 is 15.5 Å². The van der Waals surface area contributed by atoms with Gasteiger partial charge in [0.1, 0.15) is 4.88 Å². The summed E-state index contributed by atoms with van der Waals surface area (Å²) in [5, 5.41) is 0.426. The van der Waals surface area contributed by atoms with Crippen LogP contribution in [-0.2, 0) is 4.79 Å². The first-order valence-electron chi connectivity index (χ1n) is 6.38. The Hall–Kier alpha value is -1.63. The molecule has 6 nitrogen and oxygen atoms in total. The van der Waals surface area contributed by atoms with Gasteiger partial charge in [0, 0.05) is 32.1 Å². The first-order chi connectivity index (χ1) is 9.06. The lowest BCUT2D eigenvalue weighted by Crippen LogP contribution is -2.53. The molecular formula is C12H16N4O2S. The molecule has 0 radical (unpaired) electrons. The number of hydrogen-bond acceptors (Lipinski definition) is 5. The molecule has 3 heterocycles. The number of carbonyl (C=O) groups excluding carboxylic acids is 2. The molecule has 2 fully saturated rings. The van der Waals surface area contributed by atoms with Crippen LogP contribution < -0.4 is 5.73 Å². The number of anilines is 1. The molecule has 2 saturated heterocycles. The summed E-state index contributed by atoms with van der Waals surface area (Å²) in [5.41, 5.74) is 6.33. The predicted octanol–water partition coefficient (Wildman–Crippen LogP) is 0.481. The lowest BCUT2D eigenvalue weighted by atomic mass is 10.1. The lowest BCUT2D eigenvalue weighted by Gasteiger charge is -2.37. The zero-order valence-electron chi connectivity index (χ0n) is 10.8. The molecule has 1 unspecified atom stereocenters. The molecule has 0 aromatic carbocycles. The van der Waals surface area contributed by atoms with E-state index in [2.05, 4.69) is 4.98 Å². The molecule has 1 aromatic rings. The number of amides is 2. The van der Waals surface area contributed by atoms with Gasteiger partial charge in [0.2, 0.25) is 5.91 Å². The summed E-state index contributed by atoms with van der Waals surface area (Å²) >= 11 is 1.24. The molecule has 102 valence electrons. The number of nitrogen functional groups attached to an aromatic ring is 1. The van der Waals surface area contributed by atoms with Crippen LogP contribution in [0.5, 0.6) is 0 Å². The first kappa shape index (κ1) is 12.4. The van der Waals surface area contributed by atoms with E-state index in [1.807, 2.05) is 9.80 Å². The smallest absolute Gasteiger partial charge is 0.266 e. The second-order valence-corrected chi connectivity index (χ2v) is 6.03. The Morgan fingerprint density at radius 1 is 1.47 bits per heavy atom. The quantitative estimate of drug-likeness (QED) is 0.811. The van der Waals surface area contributed by atoms with Crippen LogP contribution in [0.25, 0.3) is 0 Å². The van der Waals surface area contributed by atoms with Crippen LogP contribution in [0.1, 0.15) is 28.2 Å². The number of hydrogen-bond donors (Lipinski definition) is 1. The molecule has 19 heavy (non-hydrogen) atoms. The summed E-state index contributed by atoms with van der Waals surface area (Å²) in [6.07, 6.45) is 1.46. The second kappa shape index (κ2) is 4.48. The maximum Gasteiger partial charge on any atom is 0.266 e. The third kappa shape index (κ3) is 2.07. The van der Waals surface area contributed by atoms with Crippen LogP contribution >= 0.6 is 11.3 Å². The number of thiazole rings is 1. The highest BCUT2D eigenvalue weighted by atomic mass is 32.1. The average molecular weight is 280 g/mol. The average Bonchev–Trinajstić information content (AvgIpc) is 2.92. The van der Waals surface area contributed by atoms with Crippen LogP contribution in [0.4, 0.5) is 5.13 Å². The molecule has 1 atom stereocenters. The summed E-state index contributed by atoms with van der Waals surface area (Å²) < 4.78 is 0. The van der Waals surface area contributed by atoms with Gasteiger partial charge in [0.05, 0.1) is 5.69 Å². The molecule has 2 aliphatic rings. The zero-order valence-corrected chi connectivity index (χ0v) is 11.6. The van der Waals surface area contributed by atoms with Crippen molar-refractivity contribution in [3.63, 3.8) is 0 Å². The normalized spacial score (nSPS) is 22.8. The molecule has 0 bridgehead atoms. The SMILES string of the molecule is Cc1nc(N)sc1C(=O)N1CCN2C(=O)CCC2C1. The molecule has 0 saturated carbocycles. The monoisotopic (exact) mass is 280 g/mol. The number of nitrogens with zero attached hydrogens (tertiary/aromatic N) is 3. The fourth-order valence-electron chi connectivity index (χ4n) is 2.81. The second-order valence-electron chi connectivity index (χ2n) is 5.00. The third-order valence-corrected chi connectivity index (χ3v) is 4.76. The largest absolute Gasteiger partial charge is 0.375 e. The number of rotatable bonds is 1. The van der Waals surface area contributed by atoms with Gasteiger partial charge in [0.15, 0.2) is 5.13 Å². The maximum atomic E-state index is 12.4. The first-order valence-corrected chi connectivity index (χ1v) is 7.19. The molecule has 2 amide bonds. The Morgan fingerprint density at radius 2 is 2.26 bits per heavy atom. The number of fused-ring (bicyclic) bond motifs is 1. The van der Waals surface area contributed by atoms with Gasteiger partial charge in [-0.3, -0.25) is 9.59 Å². The Morgan fingerprint density at radius 3 is 2.95 bits per heavy atom. The number of carbonyl (C=O) groups is 2. The minimum absolute atomic E-state index is 0.00861. The molecule has 7 heteroatoms. The van der Waals surface area contributed by atoms with Gasteiger partial charge in [-0.2, -0.15) is 0 Å². The number of aromatic nitrogens is 1. The fourth-order valence-corrected chi connectivity index (χ4v) is 3.61. The van der Waals surface area contributed by atoms with Gasteiger partial charge in [-0.05, 0) is 13.3 Å². The Bertz CT molecular complexity index is 542. The summed E-state index contributed by atoms with van der Waals surface area (Å²) in [5.74, 6) is 0.209. The van der Waals surface area contributed by atoms with Crippen molar-refractivity contribution >= 4 is 28.3 Å². The Labute approximate surface area is 115 Å². The van der Waals surface area contributed by atoms with E-state index in [1.54, 1.807) is 6.92 Å². The van der Waals surface area contributed by atoms with Crippen LogP contribution in [-0.4, -0.2) is 52.3 Å². The van der Waals surface area contributed by atoms with Crippen LogP contribution in [0.15, 0.2) is 0 Å². The van der Waals surface area contributed by atoms with E-state index in [9.17, 15) is 9.59 Å². The Kier molecular flexibility index (Phi) is 2.93. The van der Waals surface area contributed by atoms with E-state index in [1.165, 1.54) is 11.3 Å². The minimum atomic E-state index is -0.00861. The van der Waals surface area contributed by atoms with Crippen molar-refractivity contribution in [3.05, 3.63) is 10.6 Å². The summed E-state index contributed by atoms with van der Waals surface area (Å²) in [4.78, 5) is 32.5. The fraction of sp³-hybridized carbons (Fsp3) is 0.583. The molecular weight excluding hydrogens is 264 g/mol. The van der Waals surface area contributed by atoms with Crippen molar-refractivity contribution in [2.75, 3.05) is 25.4 Å². The molecule has 2 aliphatic heterocycles. The maximum absolute atomic E-state index is 12.4. The van der Waals surface area contributed by atoms with Gasteiger partial charge in [-0.15, -0.1) is 0 Å². The van der Waals surface area contributed by atoms with E-state index in [4.69, 9.17) is 5.73 Å². The highest BCUT2D eigenvalue weighted by molar-refractivity contribution is 7.17. The van der Waals surface area contributed by atoms with Crippen molar-refractivity contribution < 1.29 is 9.59 Å².